The maximum Gasteiger partial charge on any atom is 0.271 e. The Hall–Kier alpha value is -3.41. The van der Waals surface area contributed by atoms with Crippen molar-refractivity contribution in [1.82, 2.24) is 5.43 Å². The summed E-state index contributed by atoms with van der Waals surface area (Å²) in [6.45, 7) is 0. The molecule has 0 spiro atoms. The maximum absolute atomic E-state index is 13.2. The number of rotatable bonds is 4. The molecule has 0 unspecified atom stereocenters. The molecule has 5 nitrogen and oxygen atoms in total. The largest absolute Gasteiger partial charge is 0.508 e. The van der Waals surface area contributed by atoms with Gasteiger partial charge < -0.3 is 9.52 Å². The van der Waals surface area contributed by atoms with Crippen LogP contribution in [0, 0.1) is 5.82 Å². The summed E-state index contributed by atoms with van der Waals surface area (Å²) in [5, 5.41) is 13.1. The Morgan fingerprint density at radius 1 is 1.12 bits per heavy atom. The predicted octanol–water partition coefficient (Wildman–Crippen LogP) is 3.56. The molecule has 0 radical (unpaired) electrons. The van der Waals surface area contributed by atoms with Gasteiger partial charge in [0.2, 0.25) is 0 Å². The first-order valence-electron chi connectivity index (χ1n) is 7.10. The minimum atomic E-state index is -0.459. The van der Waals surface area contributed by atoms with Gasteiger partial charge in [0.1, 0.15) is 23.1 Å². The second-order valence-corrected chi connectivity index (χ2v) is 4.96. The molecule has 3 aromatic rings. The summed E-state index contributed by atoms with van der Waals surface area (Å²) in [7, 11) is 0. The second kappa shape index (κ2) is 6.78. The van der Waals surface area contributed by atoms with Gasteiger partial charge in [-0.1, -0.05) is 18.2 Å². The lowest BCUT2D eigenvalue weighted by Crippen LogP contribution is -2.17. The van der Waals surface area contributed by atoms with Crippen molar-refractivity contribution in [2.75, 3.05) is 0 Å². The fourth-order valence-corrected chi connectivity index (χ4v) is 2.09. The minimum Gasteiger partial charge on any atom is -0.508 e. The zero-order valence-electron chi connectivity index (χ0n) is 12.4. The van der Waals surface area contributed by atoms with Crippen LogP contribution in [0.1, 0.15) is 16.1 Å². The quantitative estimate of drug-likeness (QED) is 0.569. The molecule has 0 fully saturated rings. The van der Waals surface area contributed by atoms with Gasteiger partial charge >= 0.3 is 0 Å². The number of hydrogen-bond donors (Lipinski definition) is 2. The Labute approximate surface area is 137 Å². The number of nitrogens with zero attached hydrogens (tertiary/aromatic N) is 1. The molecule has 120 valence electrons. The van der Waals surface area contributed by atoms with Crippen molar-refractivity contribution in [3.63, 3.8) is 0 Å². The van der Waals surface area contributed by atoms with Crippen LogP contribution >= 0.6 is 0 Å². The van der Waals surface area contributed by atoms with Gasteiger partial charge in [0.05, 0.1) is 6.21 Å². The van der Waals surface area contributed by atoms with Crippen molar-refractivity contribution in [1.29, 1.82) is 0 Å². The Kier molecular flexibility index (Phi) is 4.38. The monoisotopic (exact) mass is 324 g/mol. The standard InChI is InChI=1S/C18H13FN2O3/c19-14-5-1-3-12(9-14)17-8-7-16(24-17)11-20-21-18(23)13-4-2-6-15(22)10-13/h1-11,22H,(H,21,23)/b20-11+. The number of aromatic hydroxyl groups is 1. The fraction of sp³-hybridized carbons (Fsp3) is 0. The third-order valence-corrected chi connectivity index (χ3v) is 3.20. The molecule has 0 atom stereocenters. The van der Waals surface area contributed by atoms with Crippen molar-refractivity contribution in [2.24, 2.45) is 5.10 Å². The summed E-state index contributed by atoms with van der Waals surface area (Å²) in [5.41, 5.74) is 3.23. The van der Waals surface area contributed by atoms with E-state index in [2.05, 4.69) is 10.5 Å². The second-order valence-electron chi connectivity index (χ2n) is 4.96. The van der Waals surface area contributed by atoms with Gasteiger partial charge in [-0.15, -0.1) is 0 Å². The Morgan fingerprint density at radius 2 is 1.96 bits per heavy atom. The number of phenols is 1. The van der Waals surface area contributed by atoms with Gasteiger partial charge in [0.15, 0.2) is 0 Å². The van der Waals surface area contributed by atoms with Crippen LogP contribution in [0.4, 0.5) is 4.39 Å². The van der Waals surface area contributed by atoms with Crippen LogP contribution in [-0.2, 0) is 0 Å². The zero-order valence-corrected chi connectivity index (χ0v) is 12.4. The van der Waals surface area contributed by atoms with Gasteiger partial charge in [-0.25, -0.2) is 9.82 Å². The predicted molar refractivity (Wildman–Crippen MR) is 87.3 cm³/mol. The van der Waals surface area contributed by atoms with Gasteiger partial charge in [0.25, 0.3) is 5.91 Å². The molecule has 0 aliphatic carbocycles. The number of hydrazone groups is 1. The highest BCUT2D eigenvalue weighted by atomic mass is 19.1. The summed E-state index contributed by atoms with van der Waals surface area (Å²) in [6, 6.07) is 15.3. The molecule has 0 aliphatic rings. The zero-order chi connectivity index (χ0) is 16.9. The van der Waals surface area contributed by atoms with E-state index in [1.807, 2.05) is 0 Å². The van der Waals surface area contributed by atoms with Gasteiger partial charge in [0, 0.05) is 11.1 Å². The SMILES string of the molecule is O=C(N/N=C/c1ccc(-c2cccc(F)c2)o1)c1cccc(O)c1. The highest BCUT2D eigenvalue weighted by Gasteiger charge is 2.06. The van der Waals surface area contributed by atoms with Crippen LogP contribution in [0.2, 0.25) is 0 Å². The molecule has 0 saturated carbocycles. The van der Waals surface area contributed by atoms with E-state index >= 15 is 0 Å². The average molecular weight is 324 g/mol. The first-order chi connectivity index (χ1) is 11.6. The van der Waals surface area contributed by atoms with E-state index in [0.717, 1.165) is 0 Å². The lowest BCUT2D eigenvalue weighted by molar-refractivity contribution is 0.0954. The molecule has 2 aromatic carbocycles. The molecule has 0 bridgehead atoms. The number of nitrogens with one attached hydrogen (secondary N) is 1. The van der Waals surface area contributed by atoms with Crippen LogP contribution in [0.5, 0.6) is 5.75 Å². The number of halogens is 1. The highest BCUT2D eigenvalue weighted by molar-refractivity contribution is 5.95. The van der Waals surface area contributed by atoms with Crippen LogP contribution in [0.15, 0.2) is 70.2 Å². The van der Waals surface area contributed by atoms with Crippen LogP contribution in [-0.4, -0.2) is 17.2 Å². The third-order valence-electron chi connectivity index (χ3n) is 3.20. The van der Waals surface area contributed by atoms with Crippen molar-refractivity contribution >= 4 is 12.1 Å². The molecule has 1 amide bonds. The summed E-state index contributed by atoms with van der Waals surface area (Å²) in [5.74, 6) is 0.0923. The lowest BCUT2D eigenvalue weighted by atomic mass is 10.2. The lowest BCUT2D eigenvalue weighted by Gasteiger charge is -1.99. The highest BCUT2D eigenvalue weighted by Crippen LogP contribution is 2.22. The van der Waals surface area contributed by atoms with Gasteiger partial charge in [-0.2, -0.15) is 5.10 Å². The van der Waals surface area contributed by atoms with Gasteiger partial charge in [-0.3, -0.25) is 4.79 Å². The fourth-order valence-electron chi connectivity index (χ4n) is 2.09. The number of carbonyl (C=O) groups excluding carboxylic acids is 1. The molecule has 1 aromatic heterocycles. The topological polar surface area (TPSA) is 74.8 Å². The smallest absolute Gasteiger partial charge is 0.271 e. The van der Waals surface area contributed by atoms with E-state index in [4.69, 9.17) is 4.42 Å². The summed E-state index contributed by atoms with van der Waals surface area (Å²) >= 11 is 0. The number of amides is 1. The summed E-state index contributed by atoms with van der Waals surface area (Å²) < 4.78 is 18.7. The van der Waals surface area contributed by atoms with Crippen molar-refractivity contribution in [3.8, 4) is 17.1 Å². The first kappa shape index (κ1) is 15.5. The number of benzene rings is 2. The van der Waals surface area contributed by atoms with Crippen LogP contribution in [0.3, 0.4) is 0 Å². The summed E-state index contributed by atoms with van der Waals surface area (Å²) in [4.78, 5) is 11.8. The van der Waals surface area contributed by atoms with Gasteiger partial charge in [-0.05, 0) is 42.5 Å². The van der Waals surface area contributed by atoms with Crippen LogP contribution < -0.4 is 5.43 Å². The Bertz CT molecular complexity index is 903. The number of furan rings is 1. The molecule has 6 heteroatoms. The van der Waals surface area contributed by atoms with Crippen molar-refractivity contribution in [2.45, 2.75) is 0 Å². The van der Waals surface area contributed by atoms with E-state index in [9.17, 15) is 14.3 Å². The first-order valence-corrected chi connectivity index (χ1v) is 7.10. The van der Waals surface area contributed by atoms with E-state index in [0.29, 0.717) is 17.1 Å². The Morgan fingerprint density at radius 3 is 2.75 bits per heavy atom. The molecular formula is C18H13FN2O3. The molecule has 3 rings (SSSR count). The molecule has 0 saturated heterocycles. The number of hydrogen-bond acceptors (Lipinski definition) is 4. The third kappa shape index (κ3) is 3.67. The van der Waals surface area contributed by atoms with Crippen molar-refractivity contribution in [3.05, 3.63) is 77.8 Å². The van der Waals surface area contributed by atoms with E-state index in [1.165, 1.54) is 30.5 Å². The molecular weight excluding hydrogens is 311 g/mol. The molecule has 2 N–H and O–H groups in total. The summed E-state index contributed by atoms with van der Waals surface area (Å²) in [6.07, 6.45) is 1.34. The molecule has 24 heavy (non-hydrogen) atoms. The number of carbonyl (C=O) groups is 1. The average Bonchev–Trinajstić information content (AvgIpc) is 3.04. The minimum absolute atomic E-state index is 0.00241. The molecule has 1 heterocycles. The van der Waals surface area contributed by atoms with Crippen LogP contribution in [0.25, 0.3) is 11.3 Å². The molecule has 0 aliphatic heterocycles. The Balaban J connectivity index is 1.66. The van der Waals surface area contributed by atoms with Crippen molar-refractivity contribution < 1.29 is 18.7 Å². The maximum atomic E-state index is 13.2. The van der Waals surface area contributed by atoms with E-state index in [1.54, 1.807) is 36.4 Å². The van der Waals surface area contributed by atoms with E-state index < -0.39 is 5.91 Å². The normalized spacial score (nSPS) is 10.9. The van der Waals surface area contributed by atoms with E-state index in [-0.39, 0.29) is 17.1 Å². The number of phenolic OH excluding ortho intramolecular Hbond substituents is 1.